The summed E-state index contributed by atoms with van der Waals surface area (Å²) in [5, 5.41) is 34.9. The van der Waals surface area contributed by atoms with E-state index in [2.05, 4.69) is 10.3 Å². The van der Waals surface area contributed by atoms with E-state index in [0.29, 0.717) is 24.0 Å². The molecule has 26 heavy (non-hydrogen) atoms. The van der Waals surface area contributed by atoms with Crippen molar-refractivity contribution in [3.05, 3.63) is 47.7 Å². The van der Waals surface area contributed by atoms with Crippen LogP contribution in [0.1, 0.15) is 6.42 Å². The van der Waals surface area contributed by atoms with Gasteiger partial charge < -0.3 is 10.5 Å². The Morgan fingerprint density at radius 3 is 2.50 bits per heavy atom. The number of benzene rings is 2. The molecule has 3 rings (SSSR count). The molecule has 1 heterocycles. The summed E-state index contributed by atoms with van der Waals surface area (Å²) < 4.78 is -0.0973. The van der Waals surface area contributed by atoms with Crippen LogP contribution >= 0.6 is 12.4 Å². The van der Waals surface area contributed by atoms with Gasteiger partial charge in [0.2, 0.25) is 0 Å². The van der Waals surface area contributed by atoms with Crippen LogP contribution in [0.3, 0.4) is 0 Å². The molecule has 2 aromatic carbocycles. The average molecular weight is 380 g/mol. The molecule has 0 aliphatic carbocycles. The highest BCUT2D eigenvalue weighted by molar-refractivity contribution is 6.11. The molecule has 0 saturated heterocycles. The number of aromatic nitrogens is 1. The van der Waals surface area contributed by atoms with Crippen LogP contribution in [0.15, 0.2) is 42.5 Å². The van der Waals surface area contributed by atoms with Crippen LogP contribution in [-0.2, 0) is 0 Å². The highest BCUT2D eigenvalue weighted by Gasteiger charge is 2.16. The fourth-order valence-electron chi connectivity index (χ4n) is 2.98. The SMILES string of the molecule is C[N+](C)(O)CCCNc1c2ccccc2nc2cccc([NH+]([O-])O)c12.Cl. The molecule has 0 radical (unpaired) electrons. The number of para-hydroxylation sites is 1. The summed E-state index contributed by atoms with van der Waals surface area (Å²) in [5.74, 6) is 0. The van der Waals surface area contributed by atoms with Gasteiger partial charge in [-0.25, -0.2) is 15.4 Å². The minimum atomic E-state index is -0.973. The second-order valence-electron chi connectivity index (χ2n) is 6.63. The first-order valence-corrected chi connectivity index (χ1v) is 8.21. The number of hydrogen-bond acceptors (Lipinski definition) is 5. The maximum absolute atomic E-state index is 11.7. The fraction of sp³-hybridized carbons (Fsp3) is 0.278. The predicted octanol–water partition coefficient (Wildman–Crippen LogP) is 2.48. The molecule has 0 saturated carbocycles. The van der Waals surface area contributed by atoms with Crippen molar-refractivity contribution in [1.82, 2.24) is 4.98 Å². The second-order valence-corrected chi connectivity index (χ2v) is 6.63. The summed E-state index contributed by atoms with van der Waals surface area (Å²) in [4.78, 5) is 4.60. The van der Waals surface area contributed by atoms with E-state index in [1.54, 1.807) is 26.2 Å². The van der Waals surface area contributed by atoms with Crippen molar-refractivity contribution in [2.75, 3.05) is 32.5 Å². The fourth-order valence-corrected chi connectivity index (χ4v) is 2.98. The van der Waals surface area contributed by atoms with Gasteiger partial charge in [0.05, 0.1) is 36.2 Å². The molecule has 0 bridgehead atoms. The summed E-state index contributed by atoms with van der Waals surface area (Å²) in [6.07, 6.45) is 0.747. The molecule has 0 aliphatic heterocycles. The molecule has 0 amide bonds. The van der Waals surface area contributed by atoms with E-state index in [-0.39, 0.29) is 22.7 Å². The lowest BCUT2D eigenvalue weighted by molar-refractivity contribution is -1.07. The van der Waals surface area contributed by atoms with E-state index in [0.717, 1.165) is 23.0 Å². The third-order valence-electron chi connectivity index (χ3n) is 4.12. The van der Waals surface area contributed by atoms with Crippen LogP contribution in [0, 0.1) is 5.21 Å². The van der Waals surface area contributed by atoms with Crippen LogP contribution in [0.4, 0.5) is 11.4 Å². The molecule has 7 nitrogen and oxygen atoms in total. The number of anilines is 1. The molecular formula is C18H24ClN4O3+. The number of rotatable bonds is 6. The lowest BCUT2D eigenvalue weighted by Crippen LogP contribution is -2.99. The molecule has 4 N–H and O–H groups in total. The average Bonchev–Trinajstić information content (AvgIpc) is 2.56. The minimum Gasteiger partial charge on any atom is -0.595 e. The highest BCUT2D eigenvalue weighted by Crippen LogP contribution is 2.34. The van der Waals surface area contributed by atoms with E-state index in [4.69, 9.17) is 0 Å². The Morgan fingerprint density at radius 2 is 1.81 bits per heavy atom. The van der Waals surface area contributed by atoms with Crippen molar-refractivity contribution in [1.29, 1.82) is 0 Å². The van der Waals surface area contributed by atoms with Crippen molar-refractivity contribution in [3.8, 4) is 0 Å². The van der Waals surface area contributed by atoms with Crippen LogP contribution in [0.2, 0.25) is 0 Å². The van der Waals surface area contributed by atoms with Crippen LogP contribution in [0.5, 0.6) is 0 Å². The van der Waals surface area contributed by atoms with Crippen LogP contribution < -0.4 is 10.5 Å². The Bertz CT molecular complexity index is 897. The summed E-state index contributed by atoms with van der Waals surface area (Å²) in [7, 11) is 3.44. The number of nitrogens with zero attached hydrogens (tertiary/aromatic N) is 2. The van der Waals surface area contributed by atoms with Gasteiger partial charge in [-0.1, -0.05) is 24.3 Å². The maximum atomic E-state index is 11.7. The van der Waals surface area contributed by atoms with Crippen molar-refractivity contribution >= 4 is 45.6 Å². The third kappa shape index (κ3) is 4.39. The van der Waals surface area contributed by atoms with Gasteiger partial charge in [0.1, 0.15) is 6.54 Å². The van der Waals surface area contributed by atoms with Gasteiger partial charge in [0.15, 0.2) is 5.69 Å². The Morgan fingerprint density at radius 1 is 1.12 bits per heavy atom. The van der Waals surface area contributed by atoms with Gasteiger partial charge in [-0.05, 0) is 12.1 Å². The lowest BCUT2D eigenvalue weighted by Gasteiger charge is -2.21. The molecule has 1 unspecified atom stereocenters. The first-order chi connectivity index (χ1) is 11.9. The van der Waals surface area contributed by atoms with Gasteiger partial charge in [0, 0.05) is 24.4 Å². The summed E-state index contributed by atoms with van der Waals surface area (Å²) in [6.45, 7) is 1.22. The number of nitrogens with one attached hydrogen (secondary N) is 2. The first kappa shape index (κ1) is 20.3. The summed E-state index contributed by atoms with van der Waals surface area (Å²) in [5.41, 5.74) is 2.48. The zero-order chi connectivity index (χ0) is 18.0. The van der Waals surface area contributed by atoms with Gasteiger partial charge in [-0.3, -0.25) is 0 Å². The molecule has 0 spiro atoms. The van der Waals surface area contributed by atoms with E-state index in [1.165, 1.54) is 0 Å². The summed E-state index contributed by atoms with van der Waals surface area (Å²) in [6, 6.07) is 12.8. The zero-order valence-corrected chi connectivity index (χ0v) is 15.6. The second kappa shape index (κ2) is 8.13. The third-order valence-corrected chi connectivity index (χ3v) is 4.12. The van der Waals surface area contributed by atoms with Gasteiger partial charge in [-0.15, -0.1) is 12.4 Å². The van der Waals surface area contributed by atoms with E-state index in [1.807, 2.05) is 30.3 Å². The maximum Gasteiger partial charge on any atom is 0.175 e. The zero-order valence-electron chi connectivity index (χ0n) is 14.8. The normalized spacial score (nSPS) is 12.8. The number of halogens is 1. The molecule has 140 valence electrons. The van der Waals surface area contributed by atoms with Gasteiger partial charge in [-0.2, -0.15) is 9.87 Å². The first-order valence-electron chi connectivity index (χ1n) is 8.21. The largest absolute Gasteiger partial charge is 0.595 e. The topological polar surface area (TPSA) is 92.9 Å². The Labute approximate surface area is 158 Å². The lowest BCUT2D eigenvalue weighted by atomic mass is 10.1. The molecule has 3 aromatic rings. The summed E-state index contributed by atoms with van der Waals surface area (Å²) >= 11 is 0. The molecule has 8 heteroatoms. The highest BCUT2D eigenvalue weighted by atomic mass is 35.5. The number of fused-ring (bicyclic) bond motifs is 2. The van der Waals surface area contributed by atoms with Crippen LogP contribution in [-0.4, -0.2) is 47.2 Å². The molecule has 1 aromatic heterocycles. The number of pyridine rings is 1. The molecule has 0 fully saturated rings. The Hall–Kier alpha value is -2.00. The smallest absolute Gasteiger partial charge is 0.175 e. The minimum absolute atomic E-state index is 0. The monoisotopic (exact) mass is 379 g/mol. The molecular weight excluding hydrogens is 356 g/mol. The molecule has 0 aliphatic rings. The van der Waals surface area contributed by atoms with Crippen molar-refractivity contribution in [2.45, 2.75) is 6.42 Å². The standard InChI is InChI=1S/C18H23N4O3.ClH/c1-22(2,25)12-6-11-19-18-13-7-3-4-8-14(13)20-15-9-5-10-16(17(15)18)21(23)24;/h3-5,7-10,21,23,25H,6,11-12H2,1-2H3,(H,19,20);1H/q+1;. The van der Waals surface area contributed by atoms with E-state index in [9.17, 15) is 15.6 Å². The van der Waals surface area contributed by atoms with Crippen LogP contribution in [0.25, 0.3) is 21.8 Å². The van der Waals surface area contributed by atoms with Crippen molar-refractivity contribution < 1.29 is 20.3 Å². The number of hydrogen-bond donors (Lipinski definition) is 4. The van der Waals surface area contributed by atoms with E-state index >= 15 is 0 Å². The van der Waals surface area contributed by atoms with Gasteiger partial charge >= 0.3 is 0 Å². The van der Waals surface area contributed by atoms with Crippen molar-refractivity contribution in [3.63, 3.8) is 0 Å². The molecule has 1 atom stereocenters. The quantitative estimate of drug-likeness (QED) is 0.228. The number of hydroxylamine groups is 3. The Balaban J connectivity index is 0.00000243. The van der Waals surface area contributed by atoms with Gasteiger partial charge in [0.25, 0.3) is 0 Å². The predicted molar refractivity (Wildman–Crippen MR) is 104 cm³/mol. The Kier molecular flexibility index (Phi) is 6.35. The number of quaternary nitrogens is 2. The van der Waals surface area contributed by atoms with E-state index < -0.39 is 5.23 Å². The van der Waals surface area contributed by atoms with Crippen molar-refractivity contribution in [2.24, 2.45) is 0 Å².